The Morgan fingerprint density at radius 3 is 2.94 bits per heavy atom. The van der Waals surface area contributed by atoms with Crippen molar-refractivity contribution < 1.29 is 4.42 Å². The normalized spacial score (nSPS) is 14.8. The topological polar surface area (TPSA) is 57.0 Å². The van der Waals surface area contributed by atoms with Gasteiger partial charge in [-0.2, -0.15) is 0 Å². The fraction of sp³-hybridized carbons (Fsp3) is 0.417. The van der Waals surface area contributed by atoms with Gasteiger partial charge in [-0.05, 0) is 18.6 Å². The molecule has 4 nitrogen and oxygen atoms in total. The van der Waals surface area contributed by atoms with Crippen LogP contribution in [0.3, 0.4) is 0 Å². The van der Waals surface area contributed by atoms with Crippen LogP contribution in [-0.2, 0) is 7.05 Å². The highest BCUT2D eigenvalue weighted by atomic mass is 32.2. The Labute approximate surface area is 105 Å². The molecule has 0 amide bonds. The fourth-order valence-corrected chi connectivity index (χ4v) is 2.80. The zero-order valence-corrected chi connectivity index (χ0v) is 10.9. The van der Waals surface area contributed by atoms with E-state index in [1.807, 2.05) is 29.9 Å². The lowest BCUT2D eigenvalue weighted by atomic mass is 10.1. The van der Waals surface area contributed by atoms with E-state index in [9.17, 15) is 0 Å². The van der Waals surface area contributed by atoms with Crippen molar-refractivity contribution in [2.45, 2.75) is 29.8 Å². The first-order valence-corrected chi connectivity index (χ1v) is 6.53. The molecule has 92 valence electrons. The van der Waals surface area contributed by atoms with Gasteiger partial charge in [0.25, 0.3) is 0 Å². The third-order valence-electron chi connectivity index (χ3n) is 2.69. The molecule has 5 heteroatoms. The van der Waals surface area contributed by atoms with Crippen molar-refractivity contribution in [3.05, 3.63) is 36.5 Å². The molecule has 0 radical (unpaired) electrons. The lowest BCUT2D eigenvalue weighted by Gasteiger charge is -2.19. The third-order valence-corrected chi connectivity index (χ3v) is 4.13. The molecule has 2 unspecified atom stereocenters. The molecule has 0 aliphatic heterocycles. The summed E-state index contributed by atoms with van der Waals surface area (Å²) in [6.07, 6.45) is 6.31. The zero-order chi connectivity index (χ0) is 12.3. The second-order valence-corrected chi connectivity index (χ2v) is 5.06. The summed E-state index contributed by atoms with van der Waals surface area (Å²) in [6, 6.07) is 3.92. The van der Waals surface area contributed by atoms with E-state index in [-0.39, 0.29) is 11.3 Å². The minimum Gasteiger partial charge on any atom is -0.468 e. The van der Waals surface area contributed by atoms with E-state index in [2.05, 4.69) is 11.9 Å². The molecule has 2 aromatic rings. The first kappa shape index (κ1) is 12.3. The molecule has 2 N–H and O–H groups in total. The highest BCUT2D eigenvalue weighted by molar-refractivity contribution is 7.99. The van der Waals surface area contributed by atoms with Crippen LogP contribution in [0.4, 0.5) is 0 Å². The Bertz CT molecular complexity index is 452. The zero-order valence-electron chi connectivity index (χ0n) is 10.0. The maximum atomic E-state index is 6.16. The van der Waals surface area contributed by atoms with Crippen LogP contribution in [0.5, 0.6) is 0 Å². The van der Waals surface area contributed by atoms with Crippen molar-refractivity contribution in [1.82, 2.24) is 9.55 Å². The Morgan fingerprint density at radius 2 is 2.41 bits per heavy atom. The molecule has 0 saturated carbocycles. The van der Waals surface area contributed by atoms with Gasteiger partial charge in [-0.25, -0.2) is 4.98 Å². The van der Waals surface area contributed by atoms with Crippen LogP contribution in [0.1, 0.15) is 24.4 Å². The minimum atomic E-state index is 0.0582. The molecule has 2 atom stereocenters. The van der Waals surface area contributed by atoms with Crippen LogP contribution >= 0.6 is 11.8 Å². The molecule has 0 aliphatic rings. The van der Waals surface area contributed by atoms with E-state index in [1.54, 1.807) is 24.2 Å². The van der Waals surface area contributed by atoms with Gasteiger partial charge in [-0.3, -0.25) is 0 Å². The summed E-state index contributed by atoms with van der Waals surface area (Å²) in [5.41, 5.74) is 6.16. The highest BCUT2D eigenvalue weighted by Gasteiger charge is 2.23. The second-order valence-electron chi connectivity index (χ2n) is 3.95. The smallest absolute Gasteiger partial charge is 0.168 e. The monoisotopic (exact) mass is 251 g/mol. The molecular weight excluding hydrogens is 234 g/mol. The lowest BCUT2D eigenvalue weighted by molar-refractivity contribution is 0.473. The molecule has 0 bridgehead atoms. The molecule has 0 fully saturated rings. The summed E-state index contributed by atoms with van der Waals surface area (Å²) in [5.74, 6) is 0.910. The van der Waals surface area contributed by atoms with Crippen molar-refractivity contribution >= 4 is 11.8 Å². The first-order chi connectivity index (χ1) is 8.22. The van der Waals surface area contributed by atoms with E-state index >= 15 is 0 Å². The number of thioether (sulfide) groups is 1. The van der Waals surface area contributed by atoms with Gasteiger partial charge in [0.2, 0.25) is 0 Å². The van der Waals surface area contributed by atoms with Crippen LogP contribution in [0.2, 0.25) is 0 Å². The SMILES string of the molecule is CCC(N)C(Sc1nccn1C)c1ccco1. The summed E-state index contributed by atoms with van der Waals surface area (Å²) in [6.45, 7) is 2.08. The molecule has 2 heterocycles. The molecular formula is C12H17N3OS. The second kappa shape index (κ2) is 5.42. The number of furan rings is 1. The van der Waals surface area contributed by atoms with Gasteiger partial charge in [-0.15, -0.1) is 0 Å². The van der Waals surface area contributed by atoms with Crippen LogP contribution < -0.4 is 5.73 Å². The summed E-state index contributed by atoms with van der Waals surface area (Å²) < 4.78 is 7.46. The Kier molecular flexibility index (Phi) is 3.91. The van der Waals surface area contributed by atoms with Crippen molar-refractivity contribution in [1.29, 1.82) is 0 Å². The van der Waals surface area contributed by atoms with E-state index < -0.39 is 0 Å². The van der Waals surface area contributed by atoms with Crippen molar-refractivity contribution in [2.75, 3.05) is 0 Å². The number of nitrogens with two attached hydrogens (primary N) is 1. The van der Waals surface area contributed by atoms with Gasteiger partial charge in [0, 0.05) is 25.5 Å². The quantitative estimate of drug-likeness (QED) is 0.830. The molecule has 2 aromatic heterocycles. The van der Waals surface area contributed by atoms with Gasteiger partial charge < -0.3 is 14.7 Å². The third kappa shape index (κ3) is 2.73. The van der Waals surface area contributed by atoms with Crippen LogP contribution in [0, 0.1) is 0 Å². The van der Waals surface area contributed by atoms with E-state index in [0.29, 0.717) is 0 Å². The average Bonchev–Trinajstić information content (AvgIpc) is 2.97. The van der Waals surface area contributed by atoms with E-state index in [4.69, 9.17) is 10.2 Å². The van der Waals surface area contributed by atoms with Crippen molar-refractivity contribution in [3.63, 3.8) is 0 Å². The molecule has 0 aromatic carbocycles. The van der Waals surface area contributed by atoms with E-state index in [0.717, 1.165) is 17.3 Å². The molecule has 0 aliphatic carbocycles. The average molecular weight is 251 g/mol. The predicted octanol–water partition coefficient (Wildman–Crippen LogP) is 2.58. The number of hydrogen-bond donors (Lipinski definition) is 1. The Balaban J connectivity index is 2.20. The summed E-state index contributed by atoms with van der Waals surface area (Å²) in [7, 11) is 1.98. The number of nitrogens with zero attached hydrogens (tertiary/aromatic N) is 2. The van der Waals surface area contributed by atoms with Crippen molar-refractivity contribution in [3.8, 4) is 0 Å². The minimum absolute atomic E-state index is 0.0582. The van der Waals surface area contributed by atoms with Crippen molar-refractivity contribution in [2.24, 2.45) is 12.8 Å². The van der Waals surface area contributed by atoms with Gasteiger partial charge in [-0.1, -0.05) is 18.7 Å². The van der Waals surface area contributed by atoms with Crippen LogP contribution in [0.15, 0.2) is 40.4 Å². The summed E-state index contributed by atoms with van der Waals surface area (Å²) in [4.78, 5) is 4.31. The summed E-state index contributed by atoms with van der Waals surface area (Å²) >= 11 is 1.65. The van der Waals surface area contributed by atoms with E-state index in [1.165, 1.54) is 0 Å². The standard InChI is InChI=1S/C12H17N3OS/c1-3-9(13)11(10-5-4-8-16-10)17-12-14-6-7-15(12)2/h4-9,11H,3,13H2,1-2H3. The van der Waals surface area contributed by atoms with Gasteiger partial charge in [0.1, 0.15) is 5.76 Å². The first-order valence-electron chi connectivity index (χ1n) is 5.65. The maximum Gasteiger partial charge on any atom is 0.168 e. The lowest BCUT2D eigenvalue weighted by Crippen LogP contribution is -2.25. The number of hydrogen-bond acceptors (Lipinski definition) is 4. The van der Waals surface area contributed by atoms with Gasteiger partial charge in [0.15, 0.2) is 5.16 Å². The van der Waals surface area contributed by atoms with Gasteiger partial charge in [0.05, 0.1) is 11.5 Å². The number of aryl methyl sites for hydroxylation is 1. The Morgan fingerprint density at radius 1 is 1.59 bits per heavy atom. The molecule has 0 saturated heterocycles. The van der Waals surface area contributed by atoms with Crippen LogP contribution in [-0.4, -0.2) is 15.6 Å². The van der Waals surface area contributed by atoms with Crippen LogP contribution in [0.25, 0.3) is 0 Å². The fourth-order valence-electron chi connectivity index (χ4n) is 1.60. The molecule has 0 spiro atoms. The largest absolute Gasteiger partial charge is 0.468 e. The van der Waals surface area contributed by atoms with Gasteiger partial charge >= 0.3 is 0 Å². The molecule has 17 heavy (non-hydrogen) atoms. The Hall–Kier alpha value is -1.20. The predicted molar refractivity (Wildman–Crippen MR) is 68.8 cm³/mol. The maximum absolute atomic E-state index is 6.16. The summed E-state index contributed by atoms with van der Waals surface area (Å²) in [5, 5.41) is 1.06. The number of aromatic nitrogens is 2. The number of imidazole rings is 1. The number of rotatable bonds is 5. The highest BCUT2D eigenvalue weighted by Crippen LogP contribution is 2.37. The molecule has 2 rings (SSSR count).